The third kappa shape index (κ3) is 5.63. The van der Waals surface area contributed by atoms with E-state index in [9.17, 15) is 4.79 Å². The molecule has 0 atom stereocenters. The van der Waals surface area contributed by atoms with Gasteiger partial charge >= 0.3 is 0 Å². The first-order chi connectivity index (χ1) is 14.5. The molecule has 2 heterocycles. The summed E-state index contributed by atoms with van der Waals surface area (Å²) >= 11 is 1.61. The Morgan fingerprint density at radius 2 is 1.93 bits per heavy atom. The summed E-state index contributed by atoms with van der Waals surface area (Å²) in [7, 11) is 2.07. The van der Waals surface area contributed by atoms with E-state index in [4.69, 9.17) is 9.40 Å². The first-order valence-electron chi connectivity index (χ1n) is 10.1. The van der Waals surface area contributed by atoms with Crippen molar-refractivity contribution in [3.63, 3.8) is 0 Å². The van der Waals surface area contributed by atoms with Crippen molar-refractivity contribution >= 4 is 23.5 Å². The monoisotopic (exact) mass is 424 g/mol. The smallest absolute Gasteiger partial charge is 0.251 e. The average molecular weight is 425 g/mol. The minimum absolute atomic E-state index is 0.119. The second-order valence-corrected chi connectivity index (χ2v) is 8.15. The first kappa shape index (κ1) is 21.9. The van der Waals surface area contributed by atoms with Gasteiger partial charge in [0, 0.05) is 36.2 Å². The number of furan rings is 1. The number of hydrogen-bond acceptors (Lipinski definition) is 6. The lowest BCUT2D eigenvalue weighted by Gasteiger charge is -2.20. The number of anilines is 1. The molecule has 1 N–H and O–H groups in total. The van der Waals surface area contributed by atoms with Crippen LogP contribution in [0, 0.1) is 13.8 Å². The van der Waals surface area contributed by atoms with E-state index in [1.807, 2.05) is 37.3 Å². The molecule has 3 aromatic rings. The lowest BCUT2D eigenvalue weighted by atomic mass is 10.1. The van der Waals surface area contributed by atoms with Crippen LogP contribution in [0.5, 0.6) is 0 Å². The Hall–Kier alpha value is -2.80. The number of nitrogens with one attached hydrogen (secondary N) is 1. The number of carbonyl (C=O) groups excluding carboxylic acids is 1. The van der Waals surface area contributed by atoms with Crippen LogP contribution >= 0.6 is 11.8 Å². The van der Waals surface area contributed by atoms with E-state index in [1.165, 1.54) is 0 Å². The van der Waals surface area contributed by atoms with Gasteiger partial charge in [-0.15, -0.1) is 0 Å². The zero-order chi connectivity index (χ0) is 21.5. The summed E-state index contributed by atoms with van der Waals surface area (Å²) in [6.07, 6.45) is 2.67. The molecule has 30 heavy (non-hydrogen) atoms. The fourth-order valence-electron chi connectivity index (χ4n) is 3.05. The van der Waals surface area contributed by atoms with Crippen molar-refractivity contribution in [1.82, 2.24) is 15.3 Å². The highest BCUT2D eigenvalue weighted by Crippen LogP contribution is 2.25. The van der Waals surface area contributed by atoms with Crippen molar-refractivity contribution in [3.8, 4) is 0 Å². The van der Waals surface area contributed by atoms with Gasteiger partial charge in [-0.25, -0.2) is 9.97 Å². The summed E-state index contributed by atoms with van der Waals surface area (Å²) < 4.78 is 5.23. The number of thioether (sulfide) groups is 1. The molecule has 3 rings (SSSR count). The average Bonchev–Trinajstić information content (AvgIpc) is 3.27. The molecule has 0 aliphatic heterocycles. The zero-order valence-corrected chi connectivity index (χ0v) is 18.8. The van der Waals surface area contributed by atoms with Gasteiger partial charge in [0.05, 0.1) is 12.8 Å². The van der Waals surface area contributed by atoms with E-state index in [1.54, 1.807) is 24.1 Å². The van der Waals surface area contributed by atoms with Crippen molar-refractivity contribution < 1.29 is 9.21 Å². The van der Waals surface area contributed by atoms with Gasteiger partial charge < -0.3 is 14.6 Å². The highest BCUT2D eigenvalue weighted by molar-refractivity contribution is 7.98. The topological polar surface area (TPSA) is 71.3 Å². The lowest BCUT2D eigenvalue weighted by molar-refractivity contribution is 0.0948. The Morgan fingerprint density at radius 3 is 2.60 bits per heavy atom. The number of rotatable bonds is 9. The zero-order valence-electron chi connectivity index (χ0n) is 17.9. The Morgan fingerprint density at radius 1 is 1.17 bits per heavy atom. The second-order valence-electron chi connectivity index (χ2n) is 7.21. The quantitative estimate of drug-likeness (QED) is 0.395. The van der Waals surface area contributed by atoms with Gasteiger partial charge in [-0.2, -0.15) is 0 Å². The predicted octanol–water partition coefficient (Wildman–Crippen LogP) is 4.75. The third-order valence-electron chi connectivity index (χ3n) is 4.85. The van der Waals surface area contributed by atoms with Gasteiger partial charge in [-0.05, 0) is 50.1 Å². The highest BCUT2D eigenvalue weighted by Gasteiger charge is 2.12. The van der Waals surface area contributed by atoms with Crippen LogP contribution in [0.2, 0.25) is 0 Å². The Bertz CT molecular complexity index is 972. The molecular formula is C23H28N4O2S. The Labute approximate surface area is 182 Å². The molecule has 7 heteroatoms. The summed E-state index contributed by atoms with van der Waals surface area (Å²) in [6.45, 7) is 7.60. The van der Waals surface area contributed by atoms with Crippen LogP contribution in [-0.4, -0.2) is 29.5 Å². The molecule has 0 radical (unpaired) electrons. The SMILES string of the molecule is CCCN(C)c1nc(SCc2ccc(C(=O)NCc3ccco3)cc2)nc(C)c1C. The van der Waals surface area contributed by atoms with Crippen LogP contribution in [0.4, 0.5) is 5.82 Å². The van der Waals surface area contributed by atoms with Gasteiger partial charge in [-0.1, -0.05) is 30.8 Å². The number of benzene rings is 1. The molecular weight excluding hydrogens is 396 g/mol. The summed E-state index contributed by atoms with van der Waals surface area (Å²) in [5, 5.41) is 3.63. The molecule has 0 aliphatic rings. The van der Waals surface area contributed by atoms with Crippen molar-refractivity contribution in [2.24, 2.45) is 0 Å². The third-order valence-corrected chi connectivity index (χ3v) is 5.77. The van der Waals surface area contributed by atoms with Crippen LogP contribution in [0.25, 0.3) is 0 Å². The molecule has 2 aromatic heterocycles. The van der Waals surface area contributed by atoms with Crippen LogP contribution in [0.15, 0.2) is 52.2 Å². The van der Waals surface area contributed by atoms with Crippen LogP contribution < -0.4 is 10.2 Å². The van der Waals surface area contributed by atoms with Gasteiger partial charge in [0.1, 0.15) is 11.6 Å². The van der Waals surface area contributed by atoms with Crippen LogP contribution in [0.3, 0.4) is 0 Å². The van der Waals surface area contributed by atoms with Crippen molar-refractivity contribution in [1.29, 1.82) is 0 Å². The normalized spacial score (nSPS) is 10.8. The van der Waals surface area contributed by atoms with Crippen LogP contribution in [-0.2, 0) is 12.3 Å². The van der Waals surface area contributed by atoms with E-state index in [-0.39, 0.29) is 5.91 Å². The molecule has 0 aliphatic carbocycles. The van der Waals surface area contributed by atoms with Crippen LogP contribution in [0.1, 0.15) is 46.3 Å². The van der Waals surface area contributed by atoms with E-state index < -0.39 is 0 Å². The standard InChI is InChI=1S/C23H28N4O2S/c1-5-12-27(4)21-16(2)17(3)25-23(26-21)30-15-18-8-10-19(11-9-18)22(28)24-14-20-7-6-13-29-20/h6-11,13H,5,12,14-15H2,1-4H3,(H,24,28). The second kappa shape index (κ2) is 10.3. The summed E-state index contributed by atoms with van der Waals surface area (Å²) in [5.74, 6) is 2.35. The molecule has 0 unspecified atom stereocenters. The molecule has 1 amide bonds. The lowest BCUT2D eigenvalue weighted by Crippen LogP contribution is -2.22. The molecule has 1 aromatic carbocycles. The van der Waals surface area contributed by atoms with E-state index >= 15 is 0 Å². The molecule has 0 saturated carbocycles. The minimum atomic E-state index is -0.119. The fourth-order valence-corrected chi connectivity index (χ4v) is 3.89. The largest absolute Gasteiger partial charge is 0.467 e. The van der Waals surface area contributed by atoms with E-state index in [0.717, 1.165) is 52.3 Å². The molecule has 0 spiro atoms. The first-order valence-corrected chi connectivity index (χ1v) is 11.0. The van der Waals surface area contributed by atoms with Gasteiger partial charge in [-0.3, -0.25) is 4.79 Å². The maximum absolute atomic E-state index is 12.3. The molecule has 0 fully saturated rings. The van der Waals surface area contributed by atoms with E-state index in [0.29, 0.717) is 12.1 Å². The summed E-state index contributed by atoms with van der Waals surface area (Å²) in [5.41, 5.74) is 3.88. The summed E-state index contributed by atoms with van der Waals surface area (Å²) in [6, 6.07) is 11.3. The molecule has 0 saturated heterocycles. The molecule has 0 bridgehead atoms. The predicted molar refractivity (Wildman–Crippen MR) is 121 cm³/mol. The summed E-state index contributed by atoms with van der Waals surface area (Å²) in [4.78, 5) is 23.9. The van der Waals surface area contributed by atoms with Crippen molar-refractivity contribution in [2.75, 3.05) is 18.5 Å². The fraction of sp³-hybridized carbons (Fsp3) is 0.348. The number of aryl methyl sites for hydroxylation is 1. The van der Waals surface area contributed by atoms with E-state index in [2.05, 4.69) is 36.1 Å². The van der Waals surface area contributed by atoms with Gasteiger partial charge in [0.15, 0.2) is 5.16 Å². The van der Waals surface area contributed by atoms with Crippen molar-refractivity contribution in [3.05, 3.63) is 70.8 Å². The maximum Gasteiger partial charge on any atom is 0.251 e. The highest BCUT2D eigenvalue weighted by atomic mass is 32.2. The number of nitrogens with zero attached hydrogens (tertiary/aromatic N) is 3. The van der Waals surface area contributed by atoms with Crippen molar-refractivity contribution in [2.45, 2.75) is 44.6 Å². The van der Waals surface area contributed by atoms with Gasteiger partial charge in [0.2, 0.25) is 0 Å². The number of aromatic nitrogens is 2. The molecule has 158 valence electrons. The maximum atomic E-state index is 12.3. The Kier molecular flexibility index (Phi) is 7.52. The molecule has 6 nitrogen and oxygen atoms in total. The number of hydrogen-bond donors (Lipinski definition) is 1. The van der Waals surface area contributed by atoms with Gasteiger partial charge in [0.25, 0.3) is 5.91 Å². The number of amides is 1. The Balaban J connectivity index is 1.60. The number of carbonyl (C=O) groups is 1. The minimum Gasteiger partial charge on any atom is -0.467 e.